The fourth-order valence-electron chi connectivity index (χ4n) is 4.42. The van der Waals surface area contributed by atoms with E-state index in [1.807, 2.05) is 19.1 Å². The van der Waals surface area contributed by atoms with Crippen molar-refractivity contribution in [2.75, 3.05) is 18.0 Å². The second kappa shape index (κ2) is 10.2. The molecule has 9 heteroatoms. The van der Waals surface area contributed by atoms with Crippen LogP contribution >= 0.6 is 11.3 Å². The number of aryl methyl sites for hydroxylation is 2. The standard InChI is InChI=1S/C27H29N3O4S2/c1-19-16-24-25(17-20(19)2)35-27(28-24)30(18-22-8-7-15-34-22)26(31)21-9-11-23(12-10-21)36(32,33)29-13-5-3-4-6-14-29/h7-12,15-17H,3-6,13-14,18H2,1-2H3. The maximum Gasteiger partial charge on any atom is 0.260 e. The molecule has 36 heavy (non-hydrogen) atoms. The number of carbonyl (C=O) groups is 1. The number of rotatable bonds is 6. The molecular weight excluding hydrogens is 494 g/mol. The van der Waals surface area contributed by atoms with Crippen molar-refractivity contribution in [1.29, 1.82) is 0 Å². The van der Waals surface area contributed by atoms with Gasteiger partial charge in [0.1, 0.15) is 5.76 Å². The summed E-state index contributed by atoms with van der Waals surface area (Å²) in [5.74, 6) is 0.368. The van der Waals surface area contributed by atoms with E-state index in [-0.39, 0.29) is 17.3 Å². The highest BCUT2D eigenvalue weighted by Gasteiger charge is 2.27. The molecule has 0 spiro atoms. The molecule has 2 aromatic carbocycles. The molecule has 5 rings (SSSR count). The fourth-order valence-corrected chi connectivity index (χ4v) is 6.98. The normalized spacial score (nSPS) is 15.2. The van der Waals surface area contributed by atoms with Crippen LogP contribution in [-0.4, -0.2) is 36.7 Å². The highest BCUT2D eigenvalue weighted by molar-refractivity contribution is 7.89. The van der Waals surface area contributed by atoms with Gasteiger partial charge < -0.3 is 4.42 Å². The molecule has 3 heterocycles. The fraction of sp³-hybridized carbons (Fsp3) is 0.333. The summed E-state index contributed by atoms with van der Waals surface area (Å²) in [6.07, 6.45) is 5.43. The predicted molar refractivity (Wildman–Crippen MR) is 142 cm³/mol. The summed E-state index contributed by atoms with van der Waals surface area (Å²) >= 11 is 1.45. The molecule has 1 aliphatic rings. The molecule has 0 atom stereocenters. The van der Waals surface area contributed by atoms with Crippen molar-refractivity contribution in [2.45, 2.75) is 51.0 Å². The van der Waals surface area contributed by atoms with Gasteiger partial charge in [-0.3, -0.25) is 9.69 Å². The van der Waals surface area contributed by atoms with E-state index in [9.17, 15) is 13.2 Å². The summed E-state index contributed by atoms with van der Waals surface area (Å²) in [5, 5.41) is 0.567. The predicted octanol–water partition coefficient (Wildman–Crippen LogP) is 5.92. The molecular formula is C27H29N3O4S2. The van der Waals surface area contributed by atoms with Crippen LogP contribution in [-0.2, 0) is 16.6 Å². The molecule has 0 aliphatic carbocycles. The second-order valence-corrected chi connectivity index (χ2v) is 12.2. The first kappa shape index (κ1) is 24.7. The van der Waals surface area contributed by atoms with Gasteiger partial charge in [0.15, 0.2) is 5.13 Å². The maximum atomic E-state index is 13.7. The van der Waals surface area contributed by atoms with Gasteiger partial charge in [0, 0.05) is 18.7 Å². The Labute approximate surface area is 215 Å². The van der Waals surface area contributed by atoms with Crippen molar-refractivity contribution < 1.29 is 17.6 Å². The Hall–Kier alpha value is -3.01. The van der Waals surface area contributed by atoms with E-state index >= 15 is 0 Å². The molecule has 0 bridgehead atoms. The van der Waals surface area contributed by atoms with Gasteiger partial charge >= 0.3 is 0 Å². The molecule has 0 N–H and O–H groups in total. The number of fused-ring (bicyclic) bond motifs is 1. The highest BCUT2D eigenvalue weighted by atomic mass is 32.2. The average Bonchev–Trinajstić information content (AvgIpc) is 3.43. The van der Waals surface area contributed by atoms with Gasteiger partial charge in [-0.1, -0.05) is 24.2 Å². The summed E-state index contributed by atoms with van der Waals surface area (Å²) in [6, 6.07) is 14.0. The van der Waals surface area contributed by atoms with Crippen molar-refractivity contribution in [3.8, 4) is 0 Å². The van der Waals surface area contributed by atoms with E-state index in [0.717, 1.165) is 41.5 Å². The van der Waals surface area contributed by atoms with Crippen LogP contribution in [0.3, 0.4) is 0 Å². The van der Waals surface area contributed by atoms with Gasteiger partial charge in [-0.05, 0) is 86.3 Å². The zero-order valence-electron chi connectivity index (χ0n) is 20.4. The molecule has 1 fully saturated rings. The number of aromatic nitrogens is 1. The Morgan fingerprint density at radius 2 is 1.72 bits per heavy atom. The minimum atomic E-state index is -3.58. The number of anilines is 1. The van der Waals surface area contributed by atoms with Gasteiger partial charge in [-0.25, -0.2) is 13.4 Å². The van der Waals surface area contributed by atoms with Crippen LogP contribution in [0.25, 0.3) is 10.2 Å². The number of furan rings is 1. The Morgan fingerprint density at radius 3 is 2.39 bits per heavy atom. The first-order chi connectivity index (χ1) is 17.3. The Kier molecular flexibility index (Phi) is 6.96. The van der Waals surface area contributed by atoms with Crippen molar-refractivity contribution in [1.82, 2.24) is 9.29 Å². The van der Waals surface area contributed by atoms with E-state index in [1.165, 1.54) is 29.0 Å². The largest absolute Gasteiger partial charge is 0.467 e. The van der Waals surface area contributed by atoms with Crippen molar-refractivity contribution in [3.63, 3.8) is 0 Å². The Morgan fingerprint density at radius 1 is 1.03 bits per heavy atom. The third kappa shape index (κ3) is 4.96. The monoisotopic (exact) mass is 523 g/mol. The summed E-state index contributed by atoms with van der Waals surface area (Å²) in [7, 11) is -3.58. The molecule has 7 nitrogen and oxygen atoms in total. The van der Waals surface area contributed by atoms with Gasteiger partial charge in [0.25, 0.3) is 5.91 Å². The summed E-state index contributed by atoms with van der Waals surface area (Å²) in [4.78, 5) is 20.2. The molecule has 2 aromatic heterocycles. The minimum Gasteiger partial charge on any atom is -0.467 e. The van der Waals surface area contributed by atoms with Crippen LogP contribution in [0.15, 0.2) is 64.1 Å². The lowest BCUT2D eigenvalue weighted by Gasteiger charge is -2.21. The number of benzene rings is 2. The number of sulfonamides is 1. The summed E-state index contributed by atoms with van der Waals surface area (Å²) in [5.41, 5.74) is 3.55. The van der Waals surface area contributed by atoms with E-state index < -0.39 is 10.0 Å². The summed E-state index contributed by atoms with van der Waals surface area (Å²) < 4.78 is 34.4. The Bertz CT molecular complexity index is 1430. The topological polar surface area (TPSA) is 83.7 Å². The van der Waals surface area contributed by atoms with Gasteiger partial charge in [0.2, 0.25) is 10.0 Å². The minimum absolute atomic E-state index is 0.212. The number of carbonyl (C=O) groups excluding carboxylic acids is 1. The molecule has 0 unspecified atom stereocenters. The van der Waals surface area contributed by atoms with Gasteiger partial charge in [0.05, 0.1) is 27.9 Å². The van der Waals surface area contributed by atoms with Crippen LogP contribution < -0.4 is 4.90 Å². The third-order valence-corrected chi connectivity index (χ3v) is 9.62. The Balaban J connectivity index is 1.46. The molecule has 0 radical (unpaired) electrons. The van der Waals surface area contributed by atoms with Crippen molar-refractivity contribution in [3.05, 3.63) is 77.2 Å². The quantitative estimate of drug-likeness (QED) is 0.313. The molecule has 1 saturated heterocycles. The second-order valence-electron chi connectivity index (χ2n) is 9.21. The van der Waals surface area contributed by atoms with E-state index in [1.54, 1.807) is 33.7 Å². The molecule has 188 valence electrons. The lowest BCUT2D eigenvalue weighted by atomic mass is 10.1. The zero-order valence-corrected chi connectivity index (χ0v) is 22.1. The third-order valence-electron chi connectivity index (χ3n) is 6.67. The van der Waals surface area contributed by atoms with Crippen molar-refractivity contribution >= 4 is 42.6 Å². The zero-order chi connectivity index (χ0) is 25.3. The van der Waals surface area contributed by atoms with E-state index in [0.29, 0.717) is 29.5 Å². The van der Waals surface area contributed by atoms with Crippen LogP contribution in [0.5, 0.6) is 0 Å². The first-order valence-electron chi connectivity index (χ1n) is 12.2. The molecule has 4 aromatic rings. The number of amides is 1. The number of thiazole rings is 1. The molecule has 0 saturated carbocycles. The summed E-state index contributed by atoms with van der Waals surface area (Å²) in [6.45, 7) is 5.40. The van der Waals surface area contributed by atoms with E-state index in [2.05, 4.69) is 13.0 Å². The molecule has 1 aliphatic heterocycles. The number of hydrogen-bond acceptors (Lipinski definition) is 6. The van der Waals surface area contributed by atoms with E-state index in [4.69, 9.17) is 9.40 Å². The number of nitrogens with zero attached hydrogens (tertiary/aromatic N) is 3. The SMILES string of the molecule is Cc1cc2nc(N(Cc3ccco3)C(=O)c3ccc(S(=O)(=O)N4CCCCCC4)cc3)sc2cc1C. The maximum absolute atomic E-state index is 13.7. The van der Waals surface area contributed by atoms with Gasteiger partial charge in [-0.2, -0.15) is 4.31 Å². The van der Waals surface area contributed by atoms with Crippen LogP contribution in [0, 0.1) is 13.8 Å². The molecule has 1 amide bonds. The van der Waals surface area contributed by atoms with Gasteiger partial charge in [-0.15, -0.1) is 0 Å². The van der Waals surface area contributed by atoms with Crippen LogP contribution in [0.4, 0.5) is 5.13 Å². The lowest BCUT2D eigenvalue weighted by molar-refractivity contribution is 0.0983. The van der Waals surface area contributed by atoms with Crippen LogP contribution in [0.1, 0.15) is 52.9 Å². The lowest BCUT2D eigenvalue weighted by Crippen LogP contribution is -2.32. The smallest absolute Gasteiger partial charge is 0.260 e. The average molecular weight is 524 g/mol. The first-order valence-corrected chi connectivity index (χ1v) is 14.4. The highest BCUT2D eigenvalue weighted by Crippen LogP contribution is 2.33. The number of hydrogen-bond donors (Lipinski definition) is 0. The van der Waals surface area contributed by atoms with Crippen LogP contribution in [0.2, 0.25) is 0 Å². The van der Waals surface area contributed by atoms with Crippen molar-refractivity contribution in [2.24, 2.45) is 0 Å².